The molecule has 0 saturated carbocycles. The molecule has 5 heteroatoms. The molecule has 0 aliphatic carbocycles. The van der Waals surface area contributed by atoms with E-state index in [1.165, 1.54) is 31.2 Å². The van der Waals surface area contributed by atoms with Crippen molar-refractivity contribution in [1.29, 1.82) is 0 Å². The molecule has 2 rings (SSSR count). The summed E-state index contributed by atoms with van der Waals surface area (Å²) in [6.45, 7) is 5.70. The number of nitrogens with one attached hydrogen (secondary N) is 2. The lowest BCUT2D eigenvalue weighted by Gasteiger charge is -2.21. The van der Waals surface area contributed by atoms with Crippen molar-refractivity contribution in [3.05, 3.63) is 35.4 Å². The van der Waals surface area contributed by atoms with E-state index in [1.54, 1.807) is 6.92 Å². The number of aliphatic hydroxyl groups is 1. The molecule has 1 aliphatic rings. The molecule has 0 unspecified atom stereocenters. The molecule has 1 aliphatic heterocycles. The molecule has 0 aromatic heterocycles. The summed E-state index contributed by atoms with van der Waals surface area (Å²) < 4.78 is 0. The number of urea groups is 1. The molecule has 0 spiro atoms. The second kappa shape index (κ2) is 9.53. The third-order valence-electron chi connectivity index (χ3n) is 4.21. The quantitative estimate of drug-likeness (QED) is 0.753. The number of carbonyl (C=O) groups is 1. The second-order valence-corrected chi connectivity index (χ2v) is 6.37. The Morgan fingerprint density at radius 3 is 2.43 bits per heavy atom. The van der Waals surface area contributed by atoms with Gasteiger partial charge in [-0.15, -0.1) is 0 Å². The summed E-state index contributed by atoms with van der Waals surface area (Å²) in [6.07, 6.45) is 4.70. The Bertz CT molecular complexity index is 483. The Labute approximate surface area is 139 Å². The zero-order chi connectivity index (χ0) is 16.5. The van der Waals surface area contributed by atoms with E-state index < -0.39 is 6.10 Å². The molecule has 5 nitrogen and oxygen atoms in total. The predicted octanol–water partition coefficient (Wildman–Crippen LogP) is 2.24. The highest BCUT2D eigenvalue weighted by molar-refractivity contribution is 5.73. The van der Waals surface area contributed by atoms with Crippen molar-refractivity contribution in [1.82, 2.24) is 15.5 Å². The highest BCUT2D eigenvalue weighted by Gasteiger charge is 2.12. The minimum atomic E-state index is -0.531. The van der Waals surface area contributed by atoms with Gasteiger partial charge in [-0.1, -0.05) is 37.1 Å². The van der Waals surface area contributed by atoms with E-state index in [0.717, 1.165) is 25.2 Å². The highest BCUT2D eigenvalue weighted by atomic mass is 16.3. The third kappa shape index (κ3) is 6.59. The fourth-order valence-electron chi connectivity index (χ4n) is 2.90. The van der Waals surface area contributed by atoms with Crippen LogP contribution in [0.1, 0.15) is 43.7 Å². The first kappa shape index (κ1) is 17.8. The van der Waals surface area contributed by atoms with Crippen LogP contribution in [0, 0.1) is 0 Å². The molecule has 3 N–H and O–H groups in total. The summed E-state index contributed by atoms with van der Waals surface area (Å²) in [5.74, 6) is 0. The number of hydrogen-bond acceptors (Lipinski definition) is 3. The van der Waals surface area contributed by atoms with Gasteiger partial charge in [-0.2, -0.15) is 0 Å². The molecule has 23 heavy (non-hydrogen) atoms. The van der Waals surface area contributed by atoms with Gasteiger partial charge < -0.3 is 15.7 Å². The number of amides is 2. The first-order chi connectivity index (χ1) is 11.1. The van der Waals surface area contributed by atoms with Crippen molar-refractivity contribution in [2.24, 2.45) is 0 Å². The van der Waals surface area contributed by atoms with Crippen molar-refractivity contribution in [2.75, 3.05) is 19.6 Å². The van der Waals surface area contributed by atoms with E-state index in [4.69, 9.17) is 0 Å². The van der Waals surface area contributed by atoms with Gasteiger partial charge in [-0.25, -0.2) is 4.79 Å². The zero-order valence-corrected chi connectivity index (χ0v) is 14.1. The maximum Gasteiger partial charge on any atom is 0.315 e. The Balaban J connectivity index is 1.87. The molecule has 1 atom stereocenters. The Morgan fingerprint density at radius 1 is 1.13 bits per heavy atom. The number of likely N-dealkylation sites (tertiary alicyclic amines) is 1. The lowest BCUT2D eigenvalue weighted by atomic mass is 10.1. The van der Waals surface area contributed by atoms with Gasteiger partial charge in [0.1, 0.15) is 0 Å². The van der Waals surface area contributed by atoms with Crippen molar-refractivity contribution >= 4 is 6.03 Å². The summed E-state index contributed by atoms with van der Waals surface area (Å²) in [5, 5.41) is 14.7. The number of aliphatic hydroxyl groups excluding tert-OH is 1. The average molecular weight is 319 g/mol. The first-order valence-electron chi connectivity index (χ1n) is 8.64. The van der Waals surface area contributed by atoms with Gasteiger partial charge in [-0.3, -0.25) is 4.90 Å². The van der Waals surface area contributed by atoms with Crippen molar-refractivity contribution < 1.29 is 9.90 Å². The smallest absolute Gasteiger partial charge is 0.315 e. The maximum absolute atomic E-state index is 11.7. The van der Waals surface area contributed by atoms with Gasteiger partial charge in [0, 0.05) is 19.6 Å². The van der Waals surface area contributed by atoms with Gasteiger partial charge in [0.25, 0.3) is 0 Å². The Morgan fingerprint density at radius 2 is 1.78 bits per heavy atom. The van der Waals surface area contributed by atoms with Crippen molar-refractivity contribution in [2.45, 2.75) is 51.8 Å². The van der Waals surface area contributed by atoms with Crippen LogP contribution in [0.2, 0.25) is 0 Å². The molecule has 1 aromatic rings. The van der Waals surface area contributed by atoms with Gasteiger partial charge in [0.15, 0.2) is 0 Å². The van der Waals surface area contributed by atoms with E-state index in [0.29, 0.717) is 6.54 Å². The van der Waals surface area contributed by atoms with Crippen LogP contribution in [0.3, 0.4) is 0 Å². The standard InChI is InChI=1S/C18H29N3O2/c1-15(22)12-19-18(23)20-13-16-8-4-5-9-17(16)14-21-10-6-2-3-7-11-21/h4-5,8-9,15,22H,2-3,6-7,10-14H2,1H3,(H2,19,20,23)/t15-/m1/s1. The number of carbonyl (C=O) groups excluding carboxylic acids is 1. The third-order valence-corrected chi connectivity index (χ3v) is 4.21. The zero-order valence-electron chi connectivity index (χ0n) is 14.1. The lowest BCUT2D eigenvalue weighted by molar-refractivity contribution is 0.187. The highest BCUT2D eigenvalue weighted by Crippen LogP contribution is 2.16. The van der Waals surface area contributed by atoms with Crippen LogP contribution in [0.25, 0.3) is 0 Å². The molecule has 1 saturated heterocycles. The number of hydrogen-bond donors (Lipinski definition) is 3. The molecule has 2 amide bonds. The maximum atomic E-state index is 11.7. The number of benzene rings is 1. The van der Waals surface area contributed by atoms with E-state index in [1.807, 2.05) is 6.07 Å². The van der Waals surface area contributed by atoms with E-state index in [2.05, 4.69) is 33.7 Å². The van der Waals surface area contributed by atoms with Crippen molar-refractivity contribution in [3.63, 3.8) is 0 Å². The van der Waals surface area contributed by atoms with E-state index in [9.17, 15) is 9.90 Å². The summed E-state index contributed by atoms with van der Waals surface area (Å²) in [7, 11) is 0. The van der Waals surface area contributed by atoms with Crippen LogP contribution >= 0.6 is 0 Å². The molecule has 1 aromatic carbocycles. The molecular weight excluding hydrogens is 290 g/mol. The number of nitrogens with zero attached hydrogens (tertiary/aromatic N) is 1. The molecule has 1 heterocycles. The van der Waals surface area contributed by atoms with E-state index in [-0.39, 0.29) is 12.6 Å². The van der Waals surface area contributed by atoms with Gasteiger partial charge in [0.2, 0.25) is 0 Å². The normalized spacial score (nSPS) is 17.3. The Hall–Kier alpha value is -1.59. The monoisotopic (exact) mass is 319 g/mol. The van der Waals surface area contributed by atoms with Crippen LogP contribution in [0.15, 0.2) is 24.3 Å². The topological polar surface area (TPSA) is 64.6 Å². The fraction of sp³-hybridized carbons (Fsp3) is 0.611. The molecule has 0 radical (unpaired) electrons. The minimum Gasteiger partial charge on any atom is -0.392 e. The molecule has 0 bridgehead atoms. The van der Waals surface area contributed by atoms with Crippen LogP contribution in [0.5, 0.6) is 0 Å². The fourth-order valence-corrected chi connectivity index (χ4v) is 2.90. The van der Waals surface area contributed by atoms with Gasteiger partial charge in [0.05, 0.1) is 6.10 Å². The average Bonchev–Trinajstić information content (AvgIpc) is 2.81. The summed E-state index contributed by atoms with van der Waals surface area (Å²) in [5.41, 5.74) is 2.44. The molecular formula is C18H29N3O2. The summed E-state index contributed by atoms with van der Waals surface area (Å²) in [4.78, 5) is 14.2. The van der Waals surface area contributed by atoms with Gasteiger partial charge in [-0.05, 0) is 44.0 Å². The van der Waals surface area contributed by atoms with Gasteiger partial charge >= 0.3 is 6.03 Å². The second-order valence-electron chi connectivity index (χ2n) is 6.37. The van der Waals surface area contributed by atoms with Crippen LogP contribution in [0.4, 0.5) is 4.79 Å². The SMILES string of the molecule is C[C@@H](O)CNC(=O)NCc1ccccc1CN1CCCCCC1. The van der Waals surface area contributed by atoms with E-state index >= 15 is 0 Å². The summed E-state index contributed by atoms with van der Waals surface area (Å²) in [6, 6.07) is 8.05. The van der Waals surface area contributed by atoms with Crippen molar-refractivity contribution in [3.8, 4) is 0 Å². The van der Waals surface area contributed by atoms with Crippen LogP contribution < -0.4 is 10.6 Å². The summed E-state index contributed by atoms with van der Waals surface area (Å²) >= 11 is 0. The Kier molecular flexibility index (Phi) is 7.36. The minimum absolute atomic E-state index is 0.240. The first-order valence-corrected chi connectivity index (χ1v) is 8.64. The molecule has 1 fully saturated rings. The lowest BCUT2D eigenvalue weighted by Crippen LogP contribution is -2.38. The van der Waals surface area contributed by atoms with Crippen LogP contribution in [-0.2, 0) is 13.1 Å². The molecule has 128 valence electrons. The predicted molar refractivity (Wildman–Crippen MR) is 92.1 cm³/mol. The number of rotatable bonds is 6. The largest absolute Gasteiger partial charge is 0.392 e. The van der Waals surface area contributed by atoms with Crippen LogP contribution in [-0.4, -0.2) is 41.8 Å².